The van der Waals surface area contributed by atoms with Crippen molar-refractivity contribution in [3.05, 3.63) is 39.9 Å². The van der Waals surface area contributed by atoms with E-state index in [4.69, 9.17) is 0 Å². The monoisotopic (exact) mass is 320 g/mol. The molecule has 0 N–H and O–H groups in total. The molecule has 0 heterocycles. The molecule has 2 heteroatoms. The number of Topliss-reactive ketones (excluding diaryl/α,β-unsaturated/α-hetero) is 1. The summed E-state index contributed by atoms with van der Waals surface area (Å²) in [4.78, 5) is 12.6. The molecule has 1 aromatic carbocycles. The molecule has 0 unspecified atom stereocenters. The molecule has 1 aliphatic rings. The van der Waals surface area contributed by atoms with Gasteiger partial charge in [0.2, 0.25) is 0 Å². The van der Waals surface area contributed by atoms with Gasteiger partial charge >= 0.3 is 0 Å². The van der Waals surface area contributed by atoms with E-state index in [1.54, 1.807) is 0 Å². The highest BCUT2D eigenvalue weighted by Gasteiger charge is 2.32. The van der Waals surface area contributed by atoms with Gasteiger partial charge in [0.1, 0.15) is 0 Å². The minimum absolute atomic E-state index is 0.206. The number of ketones is 1. The van der Waals surface area contributed by atoms with Crippen LogP contribution in [0, 0.1) is 17.8 Å². The lowest BCUT2D eigenvalue weighted by Gasteiger charge is -2.30. The predicted molar refractivity (Wildman–Crippen MR) is 83.9 cm³/mol. The van der Waals surface area contributed by atoms with Crippen molar-refractivity contribution in [3.63, 3.8) is 0 Å². The summed E-state index contributed by atoms with van der Waals surface area (Å²) in [6.45, 7) is 6.46. The minimum atomic E-state index is 0.206. The Morgan fingerprint density at radius 1 is 1.21 bits per heavy atom. The topological polar surface area (TPSA) is 17.1 Å². The lowest BCUT2D eigenvalue weighted by Crippen LogP contribution is -2.30. The van der Waals surface area contributed by atoms with Gasteiger partial charge in [-0.2, -0.15) is 0 Å². The summed E-state index contributed by atoms with van der Waals surface area (Å²) in [6, 6.07) is 8.14. The second-order valence-corrected chi connectivity index (χ2v) is 6.76. The van der Waals surface area contributed by atoms with Gasteiger partial charge in [-0.3, -0.25) is 4.79 Å². The van der Waals surface area contributed by atoms with Gasteiger partial charge in [-0.15, -0.1) is 0 Å². The van der Waals surface area contributed by atoms with Gasteiger partial charge in [-0.05, 0) is 54.0 Å². The summed E-state index contributed by atoms with van der Waals surface area (Å²) in [5, 5.41) is 0. The molecule has 1 aliphatic carbocycles. The van der Waals surface area contributed by atoms with E-state index in [0.29, 0.717) is 17.6 Å². The van der Waals surface area contributed by atoms with Crippen LogP contribution in [0.2, 0.25) is 0 Å². The molecule has 19 heavy (non-hydrogen) atoms. The Labute approximate surface area is 124 Å². The first kappa shape index (κ1) is 14.5. The zero-order valence-corrected chi connectivity index (χ0v) is 13.4. The predicted octanol–water partition coefficient (Wildman–Crippen LogP) is 5.10. The Balaban J connectivity index is 2.29. The first-order valence-electron chi connectivity index (χ1n) is 7.00. The molecule has 2 rings (SSSR count). The van der Waals surface area contributed by atoms with Crippen LogP contribution >= 0.6 is 15.9 Å². The Kier molecular flexibility index (Phi) is 4.62. The number of hydrogen-bond acceptors (Lipinski definition) is 1. The van der Waals surface area contributed by atoms with Crippen LogP contribution < -0.4 is 0 Å². The van der Waals surface area contributed by atoms with E-state index in [9.17, 15) is 4.79 Å². The molecule has 1 aromatic rings. The van der Waals surface area contributed by atoms with Crippen LogP contribution in [0.1, 0.15) is 39.2 Å². The van der Waals surface area contributed by atoms with E-state index in [1.165, 1.54) is 0 Å². The van der Waals surface area contributed by atoms with Gasteiger partial charge in [0.05, 0.1) is 0 Å². The molecule has 0 spiro atoms. The highest BCUT2D eigenvalue weighted by atomic mass is 79.9. The average Bonchev–Trinajstić information content (AvgIpc) is 2.36. The Bertz CT molecular complexity index is 484. The van der Waals surface area contributed by atoms with Crippen molar-refractivity contribution >= 4 is 27.8 Å². The quantitative estimate of drug-likeness (QED) is 0.692. The zero-order valence-electron chi connectivity index (χ0n) is 11.8. The maximum Gasteiger partial charge on any atom is 0.162 e. The third-order valence-electron chi connectivity index (χ3n) is 4.06. The van der Waals surface area contributed by atoms with Crippen molar-refractivity contribution in [3.8, 4) is 0 Å². The molecule has 1 nitrogen and oxygen atoms in total. The normalized spacial score (nSPS) is 26.2. The molecule has 0 radical (unpaired) electrons. The van der Waals surface area contributed by atoms with Crippen molar-refractivity contribution in [2.75, 3.05) is 0 Å². The maximum atomic E-state index is 12.6. The third kappa shape index (κ3) is 3.36. The van der Waals surface area contributed by atoms with Crippen LogP contribution in [0.4, 0.5) is 0 Å². The summed E-state index contributed by atoms with van der Waals surface area (Å²) < 4.78 is 1.07. The van der Waals surface area contributed by atoms with Gasteiger partial charge in [-0.1, -0.05) is 48.8 Å². The molecule has 2 atom stereocenters. The minimum Gasteiger partial charge on any atom is -0.294 e. The molecular formula is C17H21BrO. The highest BCUT2D eigenvalue weighted by Crippen LogP contribution is 2.35. The third-order valence-corrected chi connectivity index (χ3v) is 4.59. The lowest BCUT2D eigenvalue weighted by molar-refractivity contribution is -0.122. The van der Waals surface area contributed by atoms with Gasteiger partial charge in [0.25, 0.3) is 0 Å². The van der Waals surface area contributed by atoms with Crippen molar-refractivity contribution in [2.45, 2.75) is 33.6 Å². The highest BCUT2D eigenvalue weighted by molar-refractivity contribution is 9.10. The maximum absolute atomic E-state index is 12.6. The molecule has 0 amide bonds. The van der Waals surface area contributed by atoms with E-state index in [2.05, 4.69) is 54.9 Å². The summed E-state index contributed by atoms with van der Waals surface area (Å²) in [6.07, 6.45) is 4.24. The number of carbonyl (C=O) groups excluding carboxylic acids is 1. The molecule has 1 fully saturated rings. The Morgan fingerprint density at radius 3 is 2.42 bits per heavy atom. The smallest absolute Gasteiger partial charge is 0.162 e. The number of halogens is 1. The first-order chi connectivity index (χ1) is 8.99. The zero-order chi connectivity index (χ0) is 14.0. The van der Waals surface area contributed by atoms with Crippen molar-refractivity contribution in [2.24, 2.45) is 17.8 Å². The van der Waals surface area contributed by atoms with Crippen molar-refractivity contribution < 1.29 is 4.79 Å². The number of carbonyl (C=O) groups is 1. The molecule has 102 valence electrons. The molecule has 0 aliphatic heterocycles. The molecule has 0 bridgehead atoms. The van der Waals surface area contributed by atoms with E-state index in [0.717, 1.165) is 28.5 Å². The second kappa shape index (κ2) is 6.04. The van der Waals surface area contributed by atoms with Crippen LogP contribution in [-0.4, -0.2) is 5.78 Å². The fourth-order valence-electron chi connectivity index (χ4n) is 2.76. The molecular weight excluding hydrogens is 300 g/mol. The first-order valence-corrected chi connectivity index (χ1v) is 7.79. The SMILES string of the molecule is CC(C)[C@H]1CC[C@@H](C)C(=Cc2ccc(Br)cc2)C1=O. The summed E-state index contributed by atoms with van der Waals surface area (Å²) in [5.74, 6) is 1.38. The van der Waals surface area contributed by atoms with Crippen molar-refractivity contribution in [1.82, 2.24) is 0 Å². The molecule has 0 aromatic heterocycles. The second-order valence-electron chi connectivity index (χ2n) is 5.84. The van der Waals surface area contributed by atoms with Gasteiger partial charge in [0, 0.05) is 10.4 Å². The number of hydrogen-bond donors (Lipinski definition) is 0. The van der Waals surface area contributed by atoms with Crippen LogP contribution in [0.15, 0.2) is 34.3 Å². The number of allylic oxidation sites excluding steroid dienone is 1. The Morgan fingerprint density at radius 2 is 1.84 bits per heavy atom. The fraction of sp³-hybridized carbons (Fsp3) is 0.471. The lowest BCUT2D eigenvalue weighted by atomic mass is 9.73. The van der Waals surface area contributed by atoms with E-state index in [-0.39, 0.29) is 5.92 Å². The summed E-state index contributed by atoms with van der Waals surface area (Å²) in [7, 11) is 0. The van der Waals surface area contributed by atoms with E-state index >= 15 is 0 Å². The van der Waals surface area contributed by atoms with Crippen LogP contribution in [-0.2, 0) is 4.79 Å². The van der Waals surface area contributed by atoms with Gasteiger partial charge in [-0.25, -0.2) is 0 Å². The average molecular weight is 321 g/mol. The van der Waals surface area contributed by atoms with Crippen molar-refractivity contribution in [1.29, 1.82) is 0 Å². The number of benzene rings is 1. The standard InChI is InChI=1S/C17H21BrO/c1-11(2)15-9-4-12(3)16(17(15)19)10-13-5-7-14(18)8-6-13/h5-8,10-12,15H,4,9H2,1-3H3/t12-,15-/m1/s1. The molecule has 0 saturated heterocycles. The Hall–Kier alpha value is -0.890. The van der Waals surface area contributed by atoms with Crippen LogP contribution in [0.25, 0.3) is 6.08 Å². The van der Waals surface area contributed by atoms with Crippen LogP contribution in [0.3, 0.4) is 0 Å². The summed E-state index contributed by atoms with van der Waals surface area (Å²) >= 11 is 3.44. The van der Waals surface area contributed by atoms with Gasteiger partial charge in [0.15, 0.2) is 5.78 Å². The summed E-state index contributed by atoms with van der Waals surface area (Å²) in [5.41, 5.74) is 2.12. The largest absolute Gasteiger partial charge is 0.294 e. The van der Waals surface area contributed by atoms with E-state index < -0.39 is 0 Å². The van der Waals surface area contributed by atoms with E-state index in [1.807, 2.05) is 12.1 Å². The molecule has 1 saturated carbocycles. The number of rotatable bonds is 2. The van der Waals surface area contributed by atoms with Gasteiger partial charge < -0.3 is 0 Å². The van der Waals surface area contributed by atoms with Crippen LogP contribution in [0.5, 0.6) is 0 Å². The fourth-order valence-corrected chi connectivity index (χ4v) is 3.03.